The maximum Gasteiger partial charge on any atom is 0.183 e. The van der Waals surface area contributed by atoms with E-state index >= 15 is 0 Å². The van der Waals surface area contributed by atoms with E-state index in [0.717, 1.165) is 12.1 Å². The molecule has 4 heteroatoms. The van der Waals surface area contributed by atoms with Gasteiger partial charge in [-0.05, 0) is 37.2 Å². The van der Waals surface area contributed by atoms with Gasteiger partial charge in [0.1, 0.15) is 0 Å². The lowest BCUT2D eigenvalue weighted by molar-refractivity contribution is -0.106. The minimum atomic E-state index is -1.04. The summed E-state index contributed by atoms with van der Waals surface area (Å²) in [6, 6.07) is 8.44. The molecule has 0 saturated heterocycles. The van der Waals surface area contributed by atoms with E-state index in [0.29, 0.717) is 0 Å². The van der Waals surface area contributed by atoms with Crippen molar-refractivity contribution in [2.45, 2.75) is 20.1 Å². The van der Waals surface area contributed by atoms with Crippen molar-refractivity contribution in [3.63, 3.8) is 0 Å². The Morgan fingerprint density at radius 1 is 1.19 bits per heavy atom. The molecule has 0 radical (unpaired) electrons. The smallest absolute Gasteiger partial charge is 0.183 e. The Labute approximate surface area is 128 Å². The van der Waals surface area contributed by atoms with E-state index in [1.165, 1.54) is 22.7 Å². The zero-order chi connectivity index (χ0) is 15.5. The Hall–Kier alpha value is -1.02. The molecule has 1 aliphatic rings. The van der Waals surface area contributed by atoms with Gasteiger partial charge >= 0.3 is 0 Å². The van der Waals surface area contributed by atoms with Crippen molar-refractivity contribution in [3.8, 4) is 0 Å². The van der Waals surface area contributed by atoms with Crippen molar-refractivity contribution >= 4 is 18.3 Å². The second kappa shape index (κ2) is 6.83. The Morgan fingerprint density at radius 2 is 1.90 bits per heavy atom. The van der Waals surface area contributed by atoms with Crippen LogP contribution in [0.4, 0.5) is 0 Å². The van der Waals surface area contributed by atoms with Crippen LogP contribution >= 0.6 is 6.89 Å². The lowest BCUT2D eigenvalue weighted by Crippen LogP contribution is -2.22. The van der Waals surface area contributed by atoms with Crippen LogP contribution in [0.5, 0.6) is 0 Å². The Balaban J connectivity index is 2.36. The molecule has 0 spiro atoms. The summed E-state index contributed by atoms with van der Waals surface area (Å²) in [6.07, 6.45) is 0.915. The van der Waals surface area contributed by atoms with Crippen LogP contribution < -0.4 is 5.32 Å². The summed E-state index contributed by atoms with van der Waals surface area (Å²) in [5.74, 6) is 2.47. The van der Waals surface area contributed by atoms with E-state index in [9.17, 15) is 0 Å². The quantitative estimate of drug-likeness (QED) is 0.615. The number of ether oxygens (including phenoxy) is 2. The van der Waals surface area contributed by atoms with E-state index in [2.05, 4.69) is 49.8 Å². The molecule has 0 saturated carbocycles. The zero-order valence-electron chi connectivity index (χ0n) is 13.6. The van der Waals surface area contributed by atoms with Crippen LogP contribution in [0.15, 0.2) is 29.7 Å². The average molecular weight is 307 g/mol. The molecule has 21 heavy (non-hydrogen) atoms. The van der Waals surface area contributed by atoms with Crippen molar-refractivity contribution in [3.05, 3.63) is 40.8 Å². The lowest BCUT2D eigenvalue weighted by atomic mass is 10.0. The summed E-state index contributed by atoms with van der Waals surface area (Å²) in [4.78, 5) is 0. The van der Waals surface area contributed by atoms with Gasteiger partial charge in [0.2, 0.25) is 0 Å². The lowest BCUT2D eigenvalue weighted by Gasteiger charge is -2.35. The van der Waals surface area contributed by atoms with E-state index in [1.807, 2.05) is 6.07 Å². The molecule has 116 valence electrons. The third-order valence-corrected chi connectivity index (χ3v) is 7.64. The van der Waals surface area contributed by atoms with E-state index in [4.69, 9.17) is 9.47 Å². The highest BCUT2D eigenvalue weighted by Crippen LogP contribution is 2.59. The van der Waals surface area contributed by atoms with Crippen molar-refractivity contribution in [2.24, 2.45) is 0 Å². The van der Waals surface area contributed by atoms with Gasteiger partial charge in [0, 0.05) is 37.3 Å². The molecule has 0 amide bonds. The van der Waals surface area contributed by atoms with Crippen LogP contribution in [0.2, 0.25) is 0 Å². The molecule has 1 atom stereocenters. The van der Waals surface area contributed by atoms with Crippen LogP contribution in [-0.4, -0.2) is 39.4 Å². The number of hydrogen-bond acceptors (Lipinski definition) is 3. The molecular weight excluding hydrogens is 281 g/mol. The van der Waals surface area contributed by atoms with Crippen LogP contribution in [0, 0.1) is 0 Å². The minimum absolute atomic E-state index is 0.305. The summed E-state index contributed by atoms with van der Waals surface area (Å²) in [7, 11) is 3.33. The number of allylic oxidation sites excluding steroid dienone is 1. The van der Waals surface area contributed by atoms with Gasteiger partial charge < -0.3 is 14.8 Å². The number of benzene rings is 1. The van der Waals surface area contributed by atoms with Crippen molar-refractivity contribution in [2.75, 3.05) is 33.6 Å². The molecule has 1 aromatic rings. The molecule has 1 aliphatic heterocycles. The Bertz CT molecular complexity index is 588. The molecule has 1 heterocycles. The molecule has 0 aliphatic carbocycles. The highest BCUT2D eigenvalue weighted by molar-refractivity contribution is 7.81. The summed E-state index contributed by atoms with van der Waals surface area (Å²) in [6.45, 7) is 6.76. The summed E-state index contributed by atoms with van der Waals surface area (Å²) in [5, 5.41) is 3.58. The third kappa shape index (κ3) is 3.11. The predicted octanol–water partition coefficient (Wildman–Crippen LogP) is 3.74. The minimum Gasteiger partial charge on any atom is -0.385 e. The van der Waals surface area contributed by atoms with Gasteiger partial charge in [0.25, 0.3) is 0 Å². The van der Waals surface area contributed by atoms with Crippen molar-refractivity contribution < 1.29 is 9.47 Å². The monoisotopic (exact) mass is 307 g/mol. The first kappa shape index (κ1) is 16.4. The first-order valence-electron chi connectivity index (χ1n) is 7.45. The van der Waals surface area contributed by atoms with E-state index < -0.39 is 6.89 Å². The number of nitrogens with one attached hydrogen (secondary N) is 1. The number of hydrogen-bond donors (Lipinski definition) is 1. The van der Waals surface area contributed by atoms with Gasteiger partial charge in [-0.15, -0.1) is 0 Å². The van der Waals surface area contributed by atoms with Crippen LogP contribution in [0.25, 0.3) is 5.57 Å². The zero-order valence-corrected chi connectivity index (χ0v) is 14.5. The molecule has 1 unspecified atom stereocenters. The molecular formula is C17H26NO2P. The largest absolute Gasteiger partial charge is 0.385 e. The van der Waals surface area contributed by atoms with Gasteiger partial charge in [-0.1, -0.05) is 32.0 Å². The van der Waals surface area contributed by atoms with E-state index in [1.54, 1.807) is 14.2 Å². The fourth-order valence-corrected chi connectivity index (χ4v) is 5.28. The van der Waals surface area contributed by atoms with Crippen molar-refractivity contribution in [1.29, 1.82) is 0 Å². The number of methoxy groups -OCH3 is 2. The normalized spacial score (nSPS) is 21.2. The maximum absolute atomic E-state index is 5.35. The number of rotatable bonds is 7. The standard InChI is InChI=1S/C17H26NO2P/c1-6-18-16-15(12-21(16,5)7-2)13-9-8-10-14(11-13)17(19-3)20-4/h8-12,17-18H,6-7H2,1-5H3. The molecule has 1 N–H and O–H groups in total. The summed E-state index contributed by atoms with van der Waals surface area (Å²) < 4.78 is 10.7. The molecule has 0 bridgehead atoms. The van der Waals surface area contributed by atoms with Gasteiger partial charge in [-0.25, -0.2) is 0 Å². The fourth-order valence-electron chi connectivity index (χ4n) is 2.74. The molecule has 0 fully saturated rings. The van der Waals surface area contributed by atoms with E-state index in [-0.39, 0.29) is 6.29 Å². The van der Waals surface area contributed by atoms with Crippen molar-refractivity contribution in [1.82, 2.24) is 5.32 Å². The highest BCUT2D eigenvalue weighted by atomic mass is 31.2. The second-order valence-corrected chi connectivity index (χ2v) is 9.31. The van der Waals surface area contributed by atoms with Crippen LogP contribution in [0.3, 0.4) is 0 Å². The summed E-state index contributed by atoms with van der Waals surface area (Å²) >= 11 is 0. The van der Waals surface area contributed by atoms with Gasteiger partial charge in [0.05, 0.1) is 0 Å². The van der Waals surface area contributed by atoms with Crippen LogP contribution in [0.1, 0.15) is 31.3 Å². The summed E-state index contributed by atoms with van der Waals surface area (Å²) in [5.41, 5.74) is 5.10. The maximum atomic E-state index is 5.35. The predicted molar refractivity (Wildman–Crippen MR) is 93.2 cm³/mol. The average Bonchev–Trinajstić information content (AvgIpc) is 2.51. The van der Waals surface area contributed by atoms with Gasteiger partial charge in [-0.3, -0.25) is 0 Å². The molecule has 1 aromatic carbocycles. The Morgan fingerprint density at radius 3 is 2.48 bits per heavy atom. The molecule has 3 nitrogen and oxygen atoms in total. The molecule has 0 aromatic heterocycles. The highest BCUT2D eigenvalue weighted by Gasteiger charge is 2.28. The SMILES string of the molecule is CCNC1=C(c2cccc(C(OC)OC)c2)C=P1(C)CC. The molecule has 2 rings (SSSR count). The third-order valence-electron chi connectivity index (χ3n) is 4.08. The van der Waals surface area contributed by atoms with Crippen LogP contribution in [-0.2, 0) is 9.47 Å². The first-order chi connectivity index (χ1) is 10.1. The van der Waals surface area contributed by atoms with Gasteiger partial charge in [0.15, 0.2) is 6.29 Å². The fraction of sp³-hybridized carbons (Fsp3) is 0.471. The Kier molecular flexibility index (Phi) is 5.32. The second-order valence-electron chi connectivity index (χ2n) is 5.43. The van der Waals surface area contributed by atoms with Gasteiger partial charge in [-0.2, -0.15) is 0 Å². The first-order valence-corrected chi connectivity index (χ1v) is 9.94. The topological polar surface area (TPSA) is 30.5 Å².